The van der Waals surface area contributed by atoms with E-state index in [0.29, 0.717) is 45.7 Å². The lowest BCUT2D eigenvalue weighted by molar-refractivity contribution is 0.0527. The van der Waals surface area contributed by atoms with Crippen LogP contribution in [-0.4, -0.2) is 50.7 Å². The van der Waals surface area contributed by atoms with Crippen molar-refractivity contribution in [3.63, 3.8) is 0 Å². The minimum atomic E-state index is -0.559. The van der Waals surface area contributed by atoms with E-state index < -0.39 is 11.9 Å². The van der Waals surface area contributed by atoms with Gasteiger partial charge in [0.05, 0.1) is 25.3 Å². The Labute approximate surface area is 178 Å². The molecule has 0 amide bonds. The molecule has 30 heavy (non-hydrogen) atoms. The molecule has 0 radical (unpaired) electrons. The summed E-state index contributed by atoms with van der Waals surface area (Å²) in [6, 6.07) is 4.99. The van der Waals surface area contributed by atoms with Crippen molar-refractivity contribution in [3.8, 4) is 11.5 Å². The number of hydrogen-bond donors (Lipinski definition) is 1. The van der Waals surface area contributed by atoms with E-state index in [1.165, 1.54) is 0 Å². The summed E-state index contributed by atoms with van der Waals surface area (Å²) in [4.78, 5) is 37.6. The SMILES string of the molecule is CCOC(=O)c1sc(NCC(=O)c2ccc3c(c2)OCCO3)c(C(=O)OCC)c1C. The molecule has 0 aliphatic carbocycles. The van der Waals surface area contributed by atoms with Crippen LogP contribution >= 0.6 is 11.3 Å². The van der Waals surface area contributed by atoms with E-state index in [1.54, 1.807) is 39.0 Å². The minimum absolute atomic E-state index is 0.0751. The fraction of sp³-hybridized carbons (Fsp3) is 0.381. The van der Waals surface area contributed by atoms with Crippen molar-refractivity contribution >= 4 is 34.1 Å². The van der Waals surface area contributed by atoms with Crippen molar-refractivity contribution < 1.29 is 33.3 Å². The van der Waals surface area contributed by atoms with Crippen LogP contribution in [0.3, 0.4) is 0 Å². The predicted molar refractivity (Wildman–Crippen MR) is 111 cm³/mol. The van der Waals surface area contributed by atoms with Gasteiger partial charge in [-0.1, -0.05) is 0 Å². The molecule has 1 aromatic heterocycles. The number of carbonyl (C=O) groups is 3. The maximum atomic E-state index is 12.7. The number of thiophene rings is 1. The first kappa shape index (κ1) is 21.6. The Morgan fingerprint density at radius 1 is 1.03 bits per heavy atom. The van der Waals surface area contributed by atoms with Gasteiger partial charge in [-0.15, -0.1) is 11.3 Å². The second-order valence-electron chi connectivity index (χ2n) is 6.34. The molecule has 1 aliphatic heterocycles. The fourth-order valence-corrected chi connectivity index (χ4v) is 4.04. The molecule has 2 heterocycles. The van der Waals surface area contributed by atoms with Crippen molar-refractivity contribution in [2.24, 2.45) is 0 Å². The van der Waals surface area contributed by atoms with Gasteiger partial charge in [0.15, 0.2) is 17.3 Å². The molecule has 2 aromatic rings. The molecular formula is C21H23NO7S. The average molecular weight is 433 g/mol. The smallest absolute Gasteiger partial charge is 0.348 e. The summed E-state index contributed by atoms with van der Waals surface area (Å²) in [6.07, 6.45) is 0. The zero-order valence-corrected chi connectivity index (χ0v) is 17.9. The first-order chi connectivity index (χ1) is 14.5. The molecule has 0 atom stereocenters. The second-order valence-corrected chi connectivity index (χ2v) is 7.36. The van der Waals surface area contributed by atoms with Gasteiger partial charge in [0.2, 0.25) is 0 Å². The van der Waals surface area contributed by atoms with Crippen LogP contribution < -0.4 is 14.8 Å². The minimum Gasteiger partial charge on any atom is -0.486 e. The Morgan fingerprint density at radius 3 is 2.40 bits per heavy atom. The van der Waals surface area contributed by atoms with Crippen LogP contribution in [0.5, 0.6) is 11.5 Å². The number of esters is 2. The number of anilines is 1. The Morgan fingerprint density at radius 2 is 1.70 bits per heavy atom. The fourth-order valence-electron chi connectivity index (χ4n) is 2.96. The number of Topliss-reactive ketones (excluding diaryl/α,β-unsaturated/α-hetero) is 1. The van der Waals surface area contributed by atoms with Gasteiger partial charge in [0, 0.05) is 5.56 Å². The lowest BCUT2D eigenvalue weighted by atomic mass is 10.1. The molecule has 1 aromatic carbocycles. The number of hydrogen-bond acceptors (Lipinski definition) is 9. The lowest BCUT2D eigenvalue weighted by Gasteiger charge is -2.18. The second kappa shape index (κ2) is 9.62. The molecule has 8 nitrogen and oxygen atoms in total. The molecule has 0 bridgehead atoms. The third kappa shape index (κ3) is 4.56. The number of nitrogens with one attached hydrogen (secondary N) is 1. The Balaban J connectivity index is 1.81. The summed E-state index contributed by atoms with van der Waals surface area (Å²) < 4.78 is 21.2. The number of benzene rings is 1. The Kier molecular flexibility index (Phi) is 6.94. The number of rotatable bonds is 8. The van der Waals surface area contributed by atoms with E-state index in [9.17, 15) is 14.4 Å². The van der Waals surface area contributed by atoms with E-state index in [1.807, 2.05) is 0 Å². The molecule has 0 saturated carbocycles. The number of ketones is 1. The Bertz CT molecular complexity index is 967. The van der Waals surface area contributed by atoms with Crippen molar-refractivity contribution in [2.45, 2.75) is 20.8 Å². The number of ether oxygens (including phenoxy) is 4. The third-order valence-corrected chi connectivity index (χ3v) is 5.59. The lowest BCUT2D eigenvalue weighted by Crippen LogP contribution is -2.18. The van der Waals surface area contributed by atoms with Gasteiger partial charge in [-0.05, 0) is 44.5 Å². The molecule has 1 aliphatic rings. The largest absolute Gasteiger partial charge is 0.486 e. The summed E-state index contributed by atoms with van der Waals surface area (Å²) >= 11 is 1.07. The monoisotopic (exact) mass is 433 g/mol. The van der Waals surface area contributed by atoms with Crippen molar-refractivity contribution in [1.82, 2.24) is 0 Å². The quantitative estimate of drug-likeness (QED) is 0.499. The van der Waals surface area contributed by atoms with Crippen molar-refractivity contribution in [3.05, 3.63) is 39.8 Å². The van der Waals surface area contributed by atoms with E-state index in [2.05, 4.69) is 5.32 Å². The van der Waals surface area contributed by atoms with Gasteiger partial charge in [0.1, 0.15) is 23.1 Å². The van der Waals surface area contributed by atoms with E-state index in [0.717, 1.165) is 11.3 Å². The summed E-state index contributed by atoms with van der Waals surface area (Å²) in [5.41, 5.74) is 1.15. The summed E-state index contributed by atoms with van der Waals surface area (Å²) in [5, 5.41) is 3.37. The maximum absolute atomic E-state index is 12.7. The molecule has 0 spiro atoms. The van der Waals surface area contributed by atoms with Crippen molar-refractivity contribution in [2.75, 3.05) is 38.3 Å². The molecule has 9 heteroatoms. The summed E-state index contributed by atoms with van der Waals surface area (Å²) in [7, 11) is 0. The van der Waals surface area contributed by atoms with Gasteiger partial charge in [0.25, 0.3) is 0 Å². The predicted octanol–water partition coefficient (Wildman–Crippen LogP) is 3.48. The van der Waals surface area contributed by atoms with Crippen LogP contribution in [0.25, 0.3) is 0 Å². The van der Waals surface area contributed by atoms with Gasteiger partial charge >= 0.3 is 11.9 Å². The normalized spacial score (nSPS) is 12.2. The van der Waals surface area contributed by atoms with Crippen LogP contribution in [0.4, 0.5) is 5.00 Å². The first-order valence-electron chi connectivity index (χ1n) is 9.60. The average Bonchev–Trinajstić information content (AvgIpc) is 3.08. The third-order valence-electron chi connectivity index (χ3n) is 4.36. The molecular weight excluding hydrogens is 410 g/mol. The highest BCUT2D eigenvalue weighted by atomic mass is 32.1. The number of fused-ring (bicyclic) bond motifs is 1. The molecule has 0 unspecified atom stereocenters. The van der Waals surface area contributed by atoms with Crippen LogP contribution in [-0.2, 0) is 9.47 Å². The standard InChI is InChI=1S/C21H23NO7S/c1-4-26-20(24)17-12(3)18(21(25)27-5-2)30-19(17)22-11-14(23)13-6-7-15-16(10-13)29-9-8-28-15/h6-7,10,22H,4-5,8-9,11H2,1-3H3. The topological polar surface area (TPSA) is 100 Å². The van der Waals surface area contributed by atoms with Gasteiger partial charge in [-0.2, -0.15) is 0 Å². The zero-order valence-electron chi connectivity index (χ0n) is 17.0. The van der Waals surface area contributed by atoms with E-state index in [-0.39, 0.29) is 31.1 Å². The highest BCUT2D eigenvalue weighted by Gasteiger charge is 2.26. The van der Waals surface area contributed by atoms with Crippen LogP contribution in [0.15, 0.2) is 18.2 Å². The zero-order chi connectivity index (χ0) is 21.7. The molecule has 1 N–H and O–H groups in total. The summed E-state index contributed by atoms with van der Waals surface area (Å²) in [6.45, 7) is 6.30. The van der Waals surface area contributed by atoms with Crippen LogP contribution in [0, 0.1) is 6.92 Å². The van der Waals surface area contributed by atoms with Gasteiger partial charge in [-0.25, -0.2) is 9.59 Å². The van der Waals surface area contributed by atoms with Crippen molar-refractivity contribution in [1.29, 1.82) is 0 Å². The van der Waals surface area contributed by atoms with E-state index >= 15 is 0 Å². The Hall–Kier alpha value is -3.07. The highest BCUT2D eigenvalue weighted by Crippen LogP contribution is 2.35. The first-order valence-corrected chi connectivity index (χ1v) is 10.4. The van der Waals surface area contributed by atoms with Gasteiger partial charge in [-0.3, -0.25) is 4.79 Å². The maximum Gasteiger partial charge on any atom is 0.348 e. The highest BCUT2D eigenvalue weighted by molar-refractivity contribution is 7.18. The molecule has 0 fully saturated rings. The molecule has 0 saturated heterocycles. The van der Waals surface area contributed by atoms with Crippen LogP contribution in [0.2, 0.25) is 0 Å². The summed E-state index contributed by atoms with van der Waals surface area (Å²) in [5.74, 6) is -0.155. The molecule has 3 rings (SSSR count). The molecule has 160 valence electrons. The van der Waals surface area contributed by atoms with E-state index in [4.69, 9.17) is 18.9 Å². The van der Waals surface area contributed by atoms with Crippen LogP contribution in [0.1, 0.15) is 49.8 Å². The number of carbonyl (C=O) groups excluding carboxylic acids is 3. The van der Waals surface area contributed by atoms with Gasteiger partial charge < -0.3 is 24.3 Å².